The summed E-state index contributed by atoms with van der Waals surface area (Å²) in [5.74, 6) is -0.111. The van der Waals surface area contributed by atoms with E-state index in [1.165, 1.54) is 6.07 Å². The Bertz CT molecular complexity index is 680. The maximum atomic E-state index is 12.0. The zero-order chi connectivity index (χ0) is 15.2. The average Bonchev–Trinajstić information content (AvgIpc) is 2.47. The SMILES string of the molecule is NC(=O)Oc1cccc(NC(=O)c2ccc(C=O)cc2)c1. The second-order valence-corrected chi connectivity index (χ2v) is 4.14. The van der Waals surface area contributed by atoms with Gasteiger partial charge >= 0.3 is 6.09 Å². The monoisotopic (exact) mass is 284 g/mol. The number of nitrogens with two attached hydrogens (primary N) is 1. The number of aldehydes is 1. The van der Waals surface area contributed by atoms with E-state index in [1.807, 2.05) is 0 Å². The zero-order valence-electron chi connectivity index (χ0n) is 10.9. The molecule has 6 heteroatoms. The molecule has 6 nitrogen and oxygen atoms in total. The molecular formula is C15H12N2O4. The Morgan fingerprint density at radius 3 is 2.43 bits per heavy atom. The molecule has 2 aromatic rings. The van der Waals surface area contributed by atoms with E-state index in [0.29, 0.717) is 23.1 Å². The largest absolute Gasteiger partial charge is 0.410 e. The Morgan fingerprint density at radius 2 is 1.81 bits per heavy atom. The van der Waals surface area contributed by atoms with Crippen molar-refractivity contribution < 1.29 is 19.1 Å². The summed E-state index contributed by atoms with van der Waals surface area (Å²) in [6.07, 6.45) is -0.227. The van der Waals surface area contributed by atoms with E-state index in [0.717, 1.165) is 0 Å². The molecule has 0 aliphatic carbocycles. The standard InChI is InChI=1S/C15H12N2O4/c16-15(20)21-13-3-1-2-12(8-13)17-14(19)11-6-4-10(9-18)5-7-11/h1-9H,(H2,16,20)(H,17,19). The summed E-state index contributed by atoms with van der Waals surface area (Å²) in [7, 11) is 0. The topological polar surface area (TPSA) is 98.5 Å². The van der Waals surface area contributed by atoms with Gasteiger partial charge in [-0.1, -0.05) is 18.2 Å². The van der Waals surface area contributed by atoms with Crippen LogP contribution in [0.1, 0.15) is 20.7 Å². The van der Waals surface area contributed by atoms with Gasteiger partial charge in [-0.25, -0.2) is 4.79 Å². The van der Waals surface area contributed by atoms with Gasteiger partial charge in [0.1, 0.15) is 12.0 Å². The quantitative estimate of drug-likeness (QED) is 0.841. The van der Waals surface area contributed by atoms with Gasteiger partial charge in [0.25, 0.3) is 5.91 Å². The normalized spacial score (nSPS) is 9.71. The van der Waals surface area contributed by atoms with E-state index in [-0.39, 0.29) is 11.7 Å². The van der Waals surface area contributed by atoms with Gasteiger partial charge in [0, 0.05) is 22.9 Å². The fourth-order valence-corrected chi connectivity index (χ4v) is 1.67. The van der Waals surface area contributed by atoms with Crippen LogP contribution < -0.4 is 15.8 Å². The summed E-state index contributed by atoms with van der Waals surface area (Å²) in [6.45, 7) is 0. The van der Waals surface area contributed by atoms with Crippen molar-refractivity contribution in [3.05, 3.63) is 59.7 Å². The molecule has 0 aliphatic rings. The zero-order valence-corrected chi connectivity index (χ0v) is 10.9. The molecule has 106 valence electrons. The highest BCUT2D eigenvalue weighted by molar-refractivity contribution is 6.04. The number of hydrogen-bond donors (Lipinski definition) is 2. The van der Waals surface area contributed by atoms with Crippen molar-refractivity contribution in [2.75, 3.05) is 5.32 Å². The highest BCUT2D eigenvalue weighted by Crippen LogP contribution is 2.18. The summed E-state index contributed by atoms with van der Waals surface area (Å²) in [5.41, 5.74) is 6.27. The number of nitrogens with one attached hydrogen (secondary N) is 1. The average molecular weight is 284 g/mol. The maximum absolute atomic E-state index is 12.0. The molecule has 0 heterocycles. The van der Waals surface area contributed by atoms with Gasteiger partial charge in [0.2, 0.25) is 0 Å². The van der Waals surface area contributed by atoms with E-state index in [4.69, 9.17) is 10.5 Å². The number of hydrogen-bond acceptors (Lipinski definition) is 4. The third-order valence-corrected chi connectivity index (χ3v) is 2.62. The summed E-state index contributed by atoms with van der Waals surface area (Å²) >= 11 is 0. The molecule has 0 bridgehead atoms. The first kappa shape index (κ1) is 14.3. The van der Waals surface area contributed by atoms with Crippen LogP contribution in [-0.4, -0.2) is 18.3 Å². The van der Waals surface area contributed by atoms with E-state index in [2.05, 4.69) is 5.32 Å². The lowest BCUT2D eigenvalue weighted by Gasteiger charge is -2.07. The second-order valence-electron chi connectivity index (χ2n) is 4.14. The van der Waals surface area contributed by atoms with Crippen molar-refractivity contribution in [1.29, 1.82) is 0 Å². The van der Waals surface area contributed by atoms with Crippen LogP contribution in [0.3, 0.4) is 0 Å². The van der Waals surface area contributed by atoms with E-state index >= 15 is 0 Å². The minimum absolute atomic E-state index is 0.233. The van der Waals surface area contributed by atoms with Gasteiger partial charge in [0.05, 0.1) is 0 Å². The van der Waals surface area contributed by atoms with Crippen LogP contribution in [0.4, 0.5) is 10.5 Å². The predicted molar refractivity (Wildman–Crippen MR) is 76.4 cm³/mol. The van der Waals surface area contributed by atoms with Crippen molar-refractivity contribution in [3.63, 3.8) is 0 Å². The minimum Gasteiger partial charge on any atom is -0.410 e. The summed E-state index contributed by atoms with van der Waals surface area (Å²) < 4.78 is 4.72. The van der Waals surface area contributed by atoms with Crippen molar-refractivity contribution in [1.82, 2.24) is 0 Å². The minimum atomic E-state index is -0.928. The Hall–Kier alpha value is -3.15. The summed E-state index contributed by atoms with van der Waals surface area (Å²) in [5, 5.41) is 2.65. The van der Waals surface area contributed by atoms with Crippen LogP contribution in [0.15, 0.2) is 48.5 Å². The molecule has 0 unspecified atom stereocenters. The molecule has 0 aromatic heterocycles. The van der Waals surface area contributed by atoms with Crippen molar-refractivity contribution in [2.45, 2.75) is 0 Å². The van der Waals surface area contributed by atoms with Gasteiger partial charge in [-0.05, 0) is 24.3 Å². The fraction of sp³-hybridized carbons (Fsp3) is 0. The van der Waals surface area contributed by atoms with Crippen LogP contribution in [0.25, 0.3) is 0 Å². The first-order valence-corrected chi connectivity index (χ1v) is 6.02. The lowest BCUT2D eigenvalue weighted by Crippen LogP contribution is -2.16. The van der Waals surface area contributed by atoms with E-state index in [9.17, 15) is 14.4 Å². The van der Waals surface area contributed by atoms with Gasteiger partial charge in [-0.15, -0.1) is 0 Å². The third kappa shape index (κ3) is 3.90. The molecule has 0 aliphatic heterocycles. The highest BCUT2D eigenvalue weighted by Gasteiger charge is 2.07. The van der Waals surface area contributed by atoms with Gasteiger partial charge in [-0.2, -0.15) is 0 Å². The number of benzene rings is 2. The Balaban J connectivity index is 2.11. The Kier molecular flexibility index (Phi) is 4.30. The van der Waals surface area contributed by atoms with Crippen LogP contribution in [0, 0.1) is 0 Å². The number of anilines is 1. The molecule has 0 spiro atoms. The summed E-state index contributed by atoms with van der Waals surface area (Å²) in [6, 6.07) is 12.5. The van der Waals surface area contributed by atoms with E-state index in [1.54, 1.807) is 42.5 Å². The fourth-order valence-electron chi connectivity index (χ4n) is 1.67. The van der Waals surface area contributed by atoms with Crippen molar-refractivity contribution in [2.24, 2.45) is 5.73 Å². The molecule has 0 saturated heterocycles. The second kappa shape index (κ2) is 6.33. The Labute approximate surface area is 120 Å². The smallest absolute Gasteiger partial charge is 0.409 e. The summed E-state index contributed by atoms with van der Waals surface area (Å²) in [4.78, 5) is 33.2. The molecule has 2 rings (SSSR count). The number of carbonyl (C=O) groups is 3. The van der Waals surface area contributed by atoms with Crippen LogP contribution in [0.2, 0.25) is 0 Å². The van der Waals surface area contributed by atoms with Crippen molar-refractivity contribution >= 4 is 24.0 Å². The molecule has 2 aromatic carbocycles. The number of carbonyl (C=O) groups excluding carboxylic acids is 3. The number of ether oxygens (including phenoxy) is 1. The van der Waals surface area contributed by atoms with Crippen LogP contribution in [-0.2, 0) is 0 Å². The molecule has 0 atom stereocenters. The lowest BCUT2D eigenvalue weighted by atomic mass is 10.1. The van der Waals surface area contributed by atoms with E-state index < -0.39 is 6.09 Å². The van der Waals surface area contributed by atoms with Crippen LogP contribution >= 0.6 is 0 Å². The van der Waals surface area contributed by atoms with Gasteiger partial charge in [-0.3, -0.25) is 9.59 Å². The van der Waals surface area contributed by atoms with Gasteiger partial charge < -0.3 is 15.8 Å². The molecule has 0 saturated carbocycles. The Morgan fingerprint density at radius 1 is 1.10 bits per heavy atom. The first-order chi connectivity index (χ1) is 10.1. The maximum Gasteiger partial charge on any atom is 0.409 e. The first-order valence-electron chi connectivity index (χ1n) is 6.02. The number of primary amides is 1. The molecule has 2 amide bonds. The molecule has 0 radical (unpaired) electrons. The molecule has 21 heavy (non-hydrogen) atoms. The van der Waals surface area contributed by atoms with Crippen molar-refractivity contribution in [3.8, 4) is 5.75 Å². The molecule has 3 N–H and O–H groups in total. The lowest BCUT2D eigenvalue weighted by molar-refractivity contribution is 0.102. The van der Waals surface area contributed by atoms with Crippen LogP contribution in [0.5, 0.6) is 5.75 Å². The molecular weight excluding hydrogens is 272 g/mol. The molecule has 0 fully saturated rings. The third-order valence-electron chi connectivity index (χ3n) is 2.62. The predicted octanol–water partition coefficient (Wildman–Crippen LogP) is 2.21. The van der Waals surface area contributed by atoms with Gasteiger partial charge in [0.15, 0.2) is 0 Å². The number of amides is 2. The highest BCUT2D eigenvalue weighted by atomic mass is 16.5. The number of rotatable bonds is 4.